The standard InChI is InChI=1S/C16H21N5O3/c1-12-17-18-19-21(12)9-13-3-5-14(6-4-13)16(22)20(2)10-15-11-23-7-8-24-15/h3-6,15H,7-11H2,1-2H3. The van der Waals surface area contributed by atoms with E-state index in [2.05, 4.69) is 15.5 Å². The molecule has 24 heavy (non-hydrogen) atoms. The number of carbonyl (C=O) groups is 1. The molecule has 1 unspecified atom stereocenters. The summed E-state index contributed by atoms with van der Waals surface area (Å²) in [6.45, 7) is 4.68. The summed E-state index contributed by atoms with van der Waals surface area (Å²) in [5.74, 6) is 0.721. The van der Waals surface area contributed by atoms with Gasteiger partial charge in [-0.05, 0) is 35.0 Å². The van der Waals surface area contributed by atoms with Crippen molar-refractivity contribution in [1.29, 1.82) is 0 Å². The molecule has 128 valence electrons. The van der Waals surface area contributed by atoms with Gasteiger partial charge in [-0.15, -0.1) is 5.10 Å². The molecule has 8 heteroatoms. The third-order valence-electron chi connectivity index (χ3n) is 3.95. The molecule has 0 bridgehead atoms. The second-order valence-corrected chi connectivity index (χ2v) is 5.83. The molecule has 1 fully saturated rings. The Morgan fingerprint density at radius 2 is 2.12 bits per heavy atom. The molecule has 1 aliphatic heterocycles. The summed E-state index contributed by atoms with van der Waals surface area (Å²) in [6.07, 6.45) is -0.0604. The van der Waals surface area contributed by atoms with Gasteiger partial charge in [-0.2, -0.15) is 0 Å². The van der Waals surface area contributed by atoms with Crippen LogP contribution in [0, 0.1) is 6.92 Å². The topological polar surface area (TPSA) is 82.4 Å². The average Bonchev–Trinajstić information content (AvgIpc) is 3.00. The number of aryl methyl sites for hydroxylation is 1. The lowest BCUT2D eigenvalue weighted by Gasteiger charge is -2.27. The Kier molecular flexibility index (Phi) is 5.17. The van der Waals surface area contributed by atoms with Gasteiger partial charge in [0.25, 0.3) is 5.91 Å². The summed E-state index contributed by atoms with van der Waals surface area (Å²) < 4.78 is 12.7. The van der Waals surface area contributed by atoms with Crippen LogP contribution in [-0.4, -0.2) is 70.5 Å². The first kappa shape index (κ1) is 16.5. The van der Waals surface area contributed by atoms with E-state index < -0.39 is 0 Å². The number of hydrogen-bond donors (Lipinski definition) is 0. The van der Waals surface area contributed by atoms with E-state index in [9.17, 15) is 4.79 Å². The molecular formula is C16H21N5O3. The highest BCUT2D eigenvalue weighted by Crippen LogP contribution is 2.10. The quantitative estimate of drug-likeness (QED) is 0.794. The molecule has 8 nitrogen and oxygen atoms in total. The van der Waals surface area contributed by atoms with Crippen molar-refractivity contribution in [3.05, 3.63) is 41.2 Å². The third kappa shape index (κ3) is 3.95. The maximum Gasteiger partial charge on any atom is 0.253 e. The second-order valence-electron chi connectivity index (χ2n) is 5.83. The van der Waals surface area contributed by atoms with Crippen LogP contribution in [0.4, 0.5) is 0 Å². The van der Waals surface area contributed by atoms with Crippen molar-refractivity contribution in [1.82, 2.24) is 25.1 Å². The van der Waals surface area contributed by atoms with Crippen molar-refractivity contribution in [2.75, 3.05) is 33.4 Å². The fraction of sp³-hybridized carbons (Fsp3) is 0.500. The molecule has 2 heterocycles. The van der Waals surface area contributed by atoms with Crippen molar-refractivity contribution < 1.29 is 14.3 Å². The zero-order valence-electron chi connectivity index (χ0n) is 13.9. The Morgan fingerprint density at radius 1 is 1.33 bits per heavy atom. The molecule has 3 rings (SSSR count). The number of rotatable bonds is 5. The number of hydrogen-bond acceptors (Lipinski definition) is 6. The monoisotopic (exact) mass is 331 g/mol. The zero-order chi connectivity index (χ0) is 16.9. The SMILES string of the molecule is Cc1nnnn1Cc1ccc(C(=O)N(C)CC2COCCO2)cc1. The first-order valence-corrected chi connectivity index (χ1v) is 7.90. The average molecular weight is 331 g/mol. The molecule has 2 aromatic rings. The Balaban J connectivity index is 1.59. The molecule has 0 aliphatic carbocycles. The van der Waals surface area contributed by atoms with E-state index >= 15 is 0 Å². The lowest BCUT2D eigenvalue weighted by atomic mass is 10.1. The van der Waals surface area contributed by atoms with Crippen molar-refractivity contribution >= 4 is 5.91 Å². The first-order valence-electron chi connectivity index (χ1n) is 7.90. The van der Waals surface area contributed by atoms with Gasteiger partial charge >= 0.3 is 0 Å². The van der Waals surface area contributed by atoms with E-state index in [4.69, 9.17) is 9.47 Å². The molecule has 1 atom stereocenters. The summed E-state index contributed by atoms with van der Waals surface area (Å²) in [7, 11) is 1.78. The molecule has 0 N–H and O–H groups in total. The Morgan fingerprint density at radius 3 is 2.75 bits per heavy atom. The van der Waals surface area contributed by atoms with Crippen LogP contribution in [0.1, 0.15) is 21.7 Å². The molecule has 0 spiro atoms. The van der Waals surface area contributed by atoms with E-state index in [0.717, 1.165) is 11.4 Å². The van der Waals surface area contributed by atoms with Gasteiger partial charge in [0.1, 0.15) is 5.82 Å². The first-order chi connectivity index (χ1) is 11.6. The van der Waals surface area contributed by atoms with E-state index in [1.165, 1.54) is 0 Å². The van der Waals surface area contributed by atoms with E-state index in [0.29, 0.717) is 38.5 Å². The van der Waals surface area contributed by atoms with Crippen LogP contribution >= 0.6 is 0 Å². The summed E-state index contributed by atoms with van der Waals surface area (Å²) in [6, 6.07) is 7.49. The lowest BCUT2D eigenvalue weighted by molar-refractivity contribution is -0.0933. The summed E-state index contributed by atoms with van der Waals surface area (Å²) in [5, 5.41) is 11.4. The maximum absolute atomic E-state index is 12.5. The van der Waals surface area contributed by atoms with Gasteiger partial charge in [0, 0.05) is 19.2 Å². The third-order valence-corrected chi connectivity index (χ3v) is 3.95. The van der Waals surface area contributed by atoms with Crippen LogP contribution in [0.15, 0.2) is 24.3 Å². The number of likely N-dealkylation sites (N-methyl/N-ethyl adjacent to an activating group) is 1. The molecule has 1 aromatic carbocycles. The van der Waals surface area contributed by atoms with Crippen LogP contribution < -0.4 is 0 Å². The lowest BCUT2D eigenvalue weighted by Crippen LogP contribution is -2.40. The molecule has 0 saturated carbocycles. The smallest absolute Gasteiger partial charge is 0.253 e. The molecule has 1 aliphatic rings. The highest BCUT2D eigenvalue weighted by atomic mass is 16.6. The van der Waals surface area contributed by atoms with Crippen LogP contribution in [0.3, 0.4) is 0 Å². The Bertz CT molecular complexity index is 679. The molecule has 1 amide bonds. The van der Waals surface area contributed by atoms with Gasteiger partial charge in [0.15, 0.2) is 0 Å². The number of nitrogens with zero attached hydrogens (tertiary/aromatic N) is 5. The van der Waals surface area contributed by atoms with Gasteiger partial charge in [-0.1, -0.05) is 12.1 Å². The number of aromatic nitrogens is 4. The van der Waals surface area contributed by atoms with Gasteiger partial charge in [-0.3, -0.25) is 4.79 Å². The molecule has 1 aromatic heterocycles. The maximum atomic E-state index is 12.5. The second kappa shape index (κ2) is 7.50. The highest BCUT2D eigenvalue weighted by Gasteiger charge is 2.20. The van der Waals surface area contributed by atoms with Crippen LogP contribution in [-0.2, 0) is 16.0 Å². The molecular weight excluding hydrogens is 310 g/mol. The minimum Gasteiger partial charge on any atom is -0.376 e. The number of carbonyl (C=O) groups excluding carboxylic acids is 1. The van der Waals surface area contributed by atoms with Gasteiger partial charge in [0.2, 0.25) is 0 Å². The summed E-state index contributed by atoms with van der Waals surface area (Å²) >= 11 is 0. The number of amides is 1. The molecule has 1 saturated heterocycles. The number of ether oxygens (including phenoxy) is 2. The minimum atomic E-state index is -0.0604. The van der Waals surface area contributed by atoms with Crippen LogP contribution in [0.5, 0.6) is 0 Å². The zero-order valence-corrected chi connectivity index (χ0v) is 13.9. The van der Waals surface area contributed by atoms with Crippen LogP contribution in [0.2, 0.25) is 0 Å². The largest absolute Gasteiger partial charge is 0.376 e. The number of tetrazole rings is 1. The fourth-order valence-corrected chi connectivity index (χ4v) is 2.57. The predicted molar refractivity (Wildman–Crippen MR) is 85.6 cm³/mol. The molecule has 0 radical (unpaired) electrons. The van der Waals surface area contributed by atoms with Gasteiger partial charge < -0.3 is 14.4 Å². The summed E-state index contributed by atoms with van der Waals surface area (Å²) in [4.78, 5) is 14.2. The van der Waals surface area contributed by atoms with Gasteiger partial charge in [0.05, 0.1) is 32.5 Å². The van der Waals surface area contributed by atoms with Crippen molar-refractivity contribution in [2.45, 2.75) is 19.6 Å². The predicted octanol–water partition coefficient (Wildman–Crippen LogP) is 0.517. The highest BCUT2D eigenvalue weighted by molar-refractivity contribution is 5.94. The van der Waals surface area contributed by atoms with Crippen molar-refractivity contribution in [3.8, 4) is 0 Å². The number of benzene rings is 1. The van der Waals surface area contributed by atoms with Crippen molar-refractivity contribution in [2.24, 2.45) is 0 Å². The Hall–Kier alpha value is -2.32. The Labute approximate surface area is 140 Å². The van der Waals surface area contributed by atoms with Crippen molar-refractivity contribution in [3.63, 3.8) is 0 Å². The minimum absolute atomic E-state index is 0.0330. The van der Waals surface area contributed by atoms with Gasteiger partial charge in [-0.25, -0.2) is 4.68 Å². The van der Waals surface area contributed by atoms with Crippen LogP contribution in [0.25, 0.3) is 0 Å². The normalized spacial score (nSPS) is 17.7. The fourth-order valence-electron chi connectivity index (χ4n) is 2.57. The summed E-state index contributed by atoms with van der Waals surface area (Å²) in [5.41, 5.74) is 1.68. The van der Waals surface area contributed by atoms with E-state index in [-0.39, 0.29) is 12.0 Å². The van der Waals surface area contributed by atoms with E-state index in [1.807, 2.05) is 31.2 Å². The van der Waals surface area contributed by atoms with E-state index in [1.54, 1.807) is 16.6 Å².